The zero-order valence-electron chi connectivity index (χ0n) is 18.5. The number of aromatic nitrogens is 2. The largest absolute Gasteiger partial charge is 0.459 e. The first-order valence-corrected chi connectivity index (χ1v) is 11.6. The van der Waals surface area contributed by atoms with Crippen LogP contribution in [0.3, 0.4) is 0 Å². The Morgan fingerprint density at radius 1 is 1.03 bits per heavy atom. The quantitative estimate of drug-likeness (QED) is 0.649. The Morgan fingerprint density at radius 2 is 1.82 bits per heavy atom. The van der Waals surface area contributed by atoms with Crippen molar-refractivity contribution < 1.29 is 14.0 Å². The van der Waals surface area contributed by atoms with Crippen LogP contribution in [-0.4, -0.2) is 45.0 Å². The highest BCUT2D eigenvalue weighted by Crippen LogP contribution is 2.25. The van der Waals surface area contributed by atoms with E-state index in [1.165, 1.54) is 6.26 Å². The fraction of sp³-hybridized carbons (Fsp3) is 0.400. The lowest BCUT2D eigenvalue weighted by molar-refractivity contribution is -0.122. The fourth-order valence-corrected chi connectivity index (χ4v) is 4.86. The maximum absolute atomic E-state index is 13.3. The molecule has 1 saturated heterocycles. The Bertz CT molecular complexity index is 1240. The smallest absolute Gasteiger partial charge is 0.333 e. The van der Waals surface area contributed by atoms with E-state index in [-0.39, 0.29) is 30.1 Å². The van der Waals surface area contributed by atoms with E-state index in [4.69, 9.17) is 4.42 Å². The van der Waals surface area contributed by atoms with Crippen molar-refractivity contribution in [2.24, 2.45) is 0 Å². The second-order valence-electron chi connectivity index (χ2n) is 8.75. The van der Waals surface area contributed by atoms with E-state index in [0.717, 1.165) is 42.4 Å². The van der Waals surface area contributed by atoms with Crippen LogP contribution in [-0.2, 0) is 11.3 Å². The number of para-hydroxylation sites is 2. The molecule has 8 nitrogen and oxygen atoms in total. The van der Waals surface area contributed by atoms with Crippen LogP contribution in [0.5, 0.6) is 0 Å². The summed E-state index contributed by atoms with van der Waals surface area (Å²) >= 11 is 0. The van der Waals surface area contributed by atoms with Gasteiger partial charge in [-0.3, -0.25) is 18.7 Å². The summed E-state index contributed by atoms with van der Waals surface area (Å²) in [6.07, 6.45) is 9.02. The van der Waals surface area contributed by atoms with Gasteiger partial charge >= 0.3 is 5.69 Å². The van der Waals surface area contributed by atoms with E-state index in [2.05, 4.69) is 11.4 Å². The van der Waals surface area contributed by atoms with Gasteiger partial charge < -0.3 is 14.6 Å². The Kier molecular flexibility index (Phi) is 5.90. The number of rotatable bonds is 5. The summed E-state index contributed by atoms with van der Waals surface area (Å²) < 4.78 is 8.53. The molecule has 0 saturated carbocycles. The molecule has 2 aliphatic rings. The first kappa shape index (κ1) is 21.3. The Balaban J connectivity index is 1.27. The van der Waals surface area contributed by atoms with E-state index in [1.807, 2.05) is 24.3 Å². The first-order valence-electron chi connectivity index (χ1n) is 11.6. The van der Waals surface area contributed by atoms with Crippen LogP contribution in [0.4, 0.5) is 0 Å². The van der Waals surface area contributed by atoms with E-state index in [1.54, 1.807) is 26.2 Å². The van der Waals surface area contributed by atoms with E-state index in [0.29, 0.717) is 31.7 Å². The monoisotopic (exact) mass is 448 g/mol. The average molecular weight is 449 g/mol. The van der Waals surface area contributed by atoms with Crippen molar-refractivity contribution >= 4 is 28.5 Å². The van der Waals surface area contributed by atoms with Gasteiger partial charge in [0, 0.05) is 24.8 Å². The molecular weight excluding hydrogens is 420 g/mol. The van der Waals surface area contributed by atoms with Crippen LogP contribution < -0.4 is 11.0 Å². The van der Waals surface area contributed by atoms with Crippen LogP contribution in [0.2, 0.25) is 0 Å². The van der Waals surface area contributed by atoms with Crippen molar-refractivity contribution in [3.05, 3.63) is 65.0 Å². The van der Waals surface area contributed by atoms with Gasteiger partial charge in [0.2, 0.25) is 5.91 Å². The predicted octanol–water partition coefficient (Wildman–Crippen LogP) is 3.23. The van der Waals surface area contributed by atoms with Crippen LogP contribution in [0.1, 0.15) is 49.1 Å². The van der Waals surface area contributed by atoms with Gasteiger partial charge in [0.05, 0.1) is 17.3 Å². The van der Waals surface area contributed by atoms with Crippen molar-refractivity contribution in [3.8, 4) is 0 Å². The minimum absolute atomic E-state index is 0.0227. The van der Waals surface area contributed by atoms with Gasteiger partial charge in [-0.05, 0) is 62.8 Å². The number of carbonyl (C=O) groups excluding carboxylic acids is 2. The molecule has 2 amide bonds. The van der Waals surface area contributed by atoms with Crippen LogP contribution in [0, 0.1) is 0 Å². The topological polar surface area (TPSA) is 89.5 Å². The number of benzene rings is 1. The highest BCUT2D eigenvalue weighted by Gasteiger charge is 2.26. The number of furan rings is 1. The number of nitrogens with zero attached hydrogens (tertiary/aromatic N) is 3. The number of carbonyl (C=O) groups is 2. The third-order valence-corrected chi connectivity index (χ3v) is 6.57. The SMILES string of the molecule is O=C(Cn1c(=O)n(C2=CCCCC2)c2ccccc21)NC1CCN(C(=O)c2ccco2)CC1. The molecule has 1 aliphatic carbocycles. The molecule has 0 unspecified atom stereocenters. The standard InChI is InChI=1S/C25H28N4O4/c30-23(26-18-12-14-27(15-13-18)24(31)22-11-6-16-33-22)17-28-20-9-4-5-10-21(20)29(25(28)32)19-7-2-1-3-8-19/h4-7,9-11,16,18H,1-3,8,12-15,17H2,(H,26,30). The molecule has 172 valence electrons. The maximum Gasteiger partial charge on any atom is 0.333 e. The maximum atomic E-state index is 13.3. The van der Waals surface area contributed by atoms with Crippen molar-refractivity contribution in [2.75, 3.05) is 13.1 Å². The number of allylic oxidation sites excluding steroid dienone is 2. The van der Waals surface area contributed by atoms with Gasteiger partial charge in [-0.1, -0.05) is 18.2 Å². The van der Waals surface area contributed by atoms with E-state index >= 15 is 0 Å². The van der Waals surface area contributed by atoms with Crippen molar-refractivity contribution in [1.29, 1.82) is 0 Å². The highest BCUT2D eigenvalue weighted by atomic mass is 16.3. The summed E-state index contributed by atoms with van der Waals surface area (Å²) in [6.45, 7) is 1.08. The molecule has 0 radical (unpaired) electrons. The molecule has 0 bridgehead atoms. The molecule has 0 atom stereocenters. The summed E-state index contributed by atoms with van der Waals surface area (Å²) in [5.74, 6) is 0.0240. The Hall–Kier alpha value is -3.55. The zero-order chi connectivity index (χ0) is 22.8. The molecule has 33 heavy (non-hydrogen) atoms. The summed E-state index contributed by atoms with van der Waals surface area (Å²) in [7, 11) is 0. The molecule has 2 aromatic heterocycles. The summed E-state index contributed by atoms with van der Waals surface area (Å²) in [5, 5.41) is 3.06. The predicted molar refractivity (Wildman–Crippen MR) is 125 cm³/mol. The third-order valence-electron chi connectivity index (χ3n) is 6.57. The van der Waals surface area contributed by atoms with Crippen molar-refractivity contribution in [2.45, 2.75) is 51.1 Å². The van der Waals surface area contributed by atoms with Gasteiger partial charge in [0.15, 0.2) is 5.76 Å². The molecule has 3 heterocycles. The van der Waals surface area contributed by atoms with Crippen LogP contribution in [0.15, 0.2) is 57.9 Å². The molecule has 3 aromatic rings. The Labute approximate surface area is 191 Å². The number of hydrogen-bond acceptors (Lipinski definition) is 4. The lowest BCUT2D eigenvalue weighted by atomic mass is 10.0. The van der Waals surface area contributed by atoms with Crippen molar-refractivity contribution in [1.82, 2.24) is 19.4 Å². The Morgan fingerprint density at radius 3 is 2.52 bits per heavy atom. The van der Waals surface area contributed by atoms with Gasteiger partial charge in [-0.2, -0.15) is 0 Å². The normalized spacial score (nSPS) is 17.2. The summed E-state index contributed by atoms with van der Waals surface area (Å²) in [4.78, 5) is 40.3. The molecule has 5 rings (SSSR count). The number of amides is 2. The van der Waals surface area contributed by atoms with E-state index in [9.17, 15) is 14.4 Å². The molecule has 1 fully saturated rings. The molecule has 8 heteroatoms. The van der Waals surface area contributed by atoms with E-state index < -0.39 is 0 Å². The number of piperidine rings is 1. The lowest BCUT2D eigenvalue weighted by Gasteiger charge is -2.31. The molecule has 0 spiro atoms. The summed E-state index contributed by atoms with van der Waals surface area (Å²) in [6, 6.07) is 11.0. The van der Waals surface area contributed by atoms with Crippen LogP contribution >= 0.6 is 0 Å². The second-order valence-corrected chi connectivity index (χ2v) is 8.75. The number of imidazole rings is 1. The zero-order valence-corrected chi connectivity index (χ0v) is 18.5. The second kappa shape index (κ2) is 9.13. The van der Waals surface area contributed by atoms with Crippen molar-refractivity contribution in [3.63, 3.8) is 0 Å². The van der Waals surface area contributed by atoms with Gasteiger partial charge in [-0.15, -0.1) is 0 Å². The van der Waals surface area contributed by atoms with Gasteiger partial charge in [-0.25, -0.2) is 4.79 Å². The summed E-state index contributed by atoms with van der Waals surface area (Å²) in [5.41, 5.74) is 2.46. The molecule has 1 aromatic carbocycles. The first-order chi connectivity index (χ1) is 16.1. The third kappa shape index (κ3) is 4.25. The molecular formula is C25H28N4O4. The average Bonchev–Trinajstić information content (AvgIpc) is 3.47. The van der Waals surface area contributed by atoms with Gasteiger partial charge in [0.1, 0.15) is 6.54 Å². The minimum Gasteiger partial charge on any atom is -0.459 e. The molecule has 1 N–H and O–H groups in total. The lowest BCUT2D eigenvalue weighted by Crippen LogP contribution is -2.47. The molecule has 1 aliphatic heterocycles. The minimum atomic E-state index is -0.187. The number of fused-ring (bicyclic) bond motifs is 1. The number of likely N-dealkylation sites (tertiary alicyclic amines) is 1. The number of nitrogens with one attached hydrogen (secondary N) is 1. The number of hydrogen-bond donors (Lipinski definition) is 1. The highest BCUT2D eigenvalue weighted by molar-refractivity contribution is 5.91. The van der Waals surface area contributed by atoms with Crippen LogP contribution in [0.25, 0.3) is 16.7 Å². The van der Waals surface area contributed by atoms with Gasteiger partial charge in [0.25, 0.3) is 5.91 Å². The fourth-order valence-electron chi connectivity index (χ4n) is 4.86.